The van der Waals surface area contributed by atoms with Gasteiger partial charge in [0, 0.05) is 27.1 Å². The normalized spacial score (nSPS) is 9.15. The smallest absolute Gasteiger partial charge is 0.316 e. The van der Waals surface area contributed by atoms with E-state index in [1.807, 2.05) is 0 Å². The van der Waals surface area contributed by atoms with E-state index in [0.29, 0.717) is 19.4 Å². The Balaban J connectivity index is 3.53. The van der Waals surface area contributed by atoms with Crippen LogP contribution in [0.2, 0.25) is 0 Å². The van der Waals surface area contributed by atoms with E-state index in [2.05, 4.69) is 10.1 Å². The topological polar surface area (TPSA) is 58.6 Å². The summed E-state index contributed by atoms with van der Waals surface area (Å²) in [6.45, 7) is 0.550. The fourth-order valence-corrected chi connectivity index (χ4v) is 0.855. The van der Waals surface area contributed by atoms with Crippen molar-refractivity contribution in [2.75, 3.05) is 27.7 Å². The number of hydrogen-bond acceptors (Lipinski definition) is 3. The maximum Gasteiger partial charge on any atom is 0.316 e. The van der Waals surface area contributed by atoms with E-state index < -0.39 is 0 Å². The van der Waals surface area contributed by atoms with Gasteiger partial charge >= 0.3 is 12.0 Å². The number of hydrogen-bond donors (Lipinski definition) is 1. The van der Waals surface area contributed by atoms with Crippen LogP contribution < -0.4 is 5.32 Å². The summed E-state index contributed by atoms with van der Waals surface area (Å²) in [4.78, 5) is 23.2. The first-order chi connectivity index (χ1) is 6.11. The summed E-state index contributed by atoms with van der Waals surface area (Å²) in [6.07, 6.45) is 0.967. The lowest BCUT2D eigenvalue weighted by molar-refractivity contribution is -0.140. The van der Waals surface area contributed by atoms with Crippen LogP contribution in [0.4, 0.5) is 4.79 Å². The molecule has 5 heteroatoms. The molecule has 0 rings (SSSR count). The molecule has 0 bridgehead atoms. The first kappa shape index (κ1) is 11.7. The summed E-state index contributed by atoms with van der Waals surface area (Å²) in [5.41, 5.74) is 0. The molecule has 0 saturated heterocycles. The maximum absolute atomic E-state index is 11.0. The highest BCUT2D eigenvalue weighted by molar-refractivity contribution is 5.73. The fourth-order valence-electron chi connectivity index (χ4n) is 0.855. The highest BCUT2D eigenvalue weighted by atomic mass is 16.5. The van der Waals surface area contributed by atoms with Crippen LogP contribution in [0.25, 0.3) is 0 Å². The van der Waals surface area contributed by atoms with Gasteiger partial charge in [-0.05, 0) is 6.42 Å². The second-order valence-electron chi connectivity index (χ2n) is 2.66. The van der Waals surface area contributed by atoms with Crippen molar-refractivity contribution in [2.45, 2.75) is 12.8 Å². The lowest BCUT2D eigenvalue weighted by Gasteiger charge is -2.15. The van der Waals surface area contributed by atoms with Gasteiger partial charge in [0.2, 0.25) is 0 Å². The van der Waals surface area contributed by atoms with E-state index in [1.165, 1.54) is 12.0 Å². The van der Waals surface area contributed by atoms with Gasteiger partial charge in [-0.1, -0.05) is 0 Å². The highest BCUT2D eigenvalue weighted by Crippen LogP contribution is 1.94. The van der Waals surface area contributed by atoms with Gasteiger partial charge in [-0.15, -0.1) is 0 Å². The maximum atomic E-state index is 11.0. The Kier molecular flexibility index (Phi) is 5.67. The average molecular weight is 188 g/mol. The predicted octanol–water partition coefficient (Wildman–Crippen LogP) is 0.211. The summed E-state index contributed by atoms with van der Waals surface area (Å²) < 4.78 is 4.46. The van der Waals surface area contributed by atoms with Crippen molar-refractivity contribution < 1.29 is 14.3 Å². The molecule has 0 fully saturated rings. The molecule has 5 nitrogen and oxygen atoms in total. The minimum absolute atomic E-state index is 0.148. The van der Waals surface area contributed by atoms with Crippen molar-refractivity contribution in [3.05, 3.63) is 0 Å². The third-order valence-corrected chi connectivity index (χ3v) is 1.66. The van der Waals surface area contributed by atoms with Crippen LogP contribution in [0.1, 0.15) is 12.8 Å². The van der Waals surface area contributed by atoms with E-state index in [1.54, 1.807) is 14.1 Å². The summed E-state index contributed by atoms with van der Waals surface area (Å²) in [7, 11) is 4.60. The van der Waals surface area contributed by atoms with Crippen LogP contribution in [0.15, 0.2) is 0 Å². The molecule has 0 spiro atoms. The lowest BCUT2D eigenvalue weighted by atomic mass is 10.3. The molecule has 0 aromatic rings. The molecule has 0 saturated carbocycles. The minimum atomic E-state index is -0.245. The highest BCUT2D eigenvalue weighted by Gasteiger charge is 2.06. The number of nitrogens with zero attached hydrogens (tertiary/aromatic N) is 1. The zero-order chi connectivity index (χ0) is 10.3. The zero-order valence-electron chi connectivity index (χ0n) is 8.29. The zero-order valence-corrected chi connectivity index (χ0v) is 8.29. The monoisotopic (exact) mass is 188 g/mol. The van der Waals surface area contributed by atoms with Crippen LogP contribution in [-0.4, -0.2) is 44.7 Å². The number of carbonyl (C=O) groups excluding carboxylic acids is 2. The van der Waals surface area contributed by atoms with Gasteiger partial charge in [0.25, 0.3) is 0 Å². The summed E-state index contributed by atoms with van der Waals surface area (Å²) in [5.74, 6) is -0.245. The quantitative estimate of drug-likeness (QED) is 0.642. The van der Waals surface area contributed by atoms with E-state index in [-0.39, 0.29) is 12.0 Å². The van der Waals surface area contributed by atoms with Gasteiger partial charge in [0.15, 0.2) is 0 Å². The summed E-state index contributed by atoms with van der Waals surface area (Å²) in [5, 5.41) is 2.49. The van der Waals surface area contributed by atoms with E-state index >= 15 is 0 Å². The summed E-state index contributed by atoms with van der Waals surface area (Å²) in [6, 6.07) is -0.148. The molecule has 76 valence electrons. The Bertz CT molecular complexity index is 182. The largest absolute Gasteiger partial charge is 0.469 e. The molecule has 0 unspecified atom stereocenters. The molecule has 1 N–H and O–H groups in total. The Morgan fingerprint density at radius 2 is 2.08 bits per heavy atom. The van der Waals surface area contributed by atoms with Crippen LogP contribution >= 0.6 is 0 Å². The molecule has 0 atom stereocenters. The molecular formula is C8H16N2O3. The van der Waals surface area contributed by atoms with Gasteiger partial charge < -0.3 is 15.0 Å². The Hall–Kier alpha value is -1.26. The molecule has 0 aliphatic carbocycles. The number of amides is 2. The van der Waals surface area contributed by atoms with Crippen molar-refractivity contribution in [3.8, 4) is 0 Å². The third kappa shape index (κ3) is 5.05. The first-order valence-corrected chi connectivity index (χ1v) is 4.11. The second-order valence-corrected chi connectivity index (χ2v) is 2.66. The molecular weight excluding hydrogens is 172 g/mol. The molecule has 0 radical (unpaired) electrons. The number of carbonyl (C=O) groups is 2. The Morgan fingerprint density at radius 1 is 1.46 bits per heavy atom. The average Bonchev–Trinajstić information content (AvgIpc) is 2.15. The number of esters is 1. The number of urea groups is 1. The van der Waals surface area contributed by atoms with Gasteiger partial charge in [-0.3, -0.25) is 4.79 Å². The van der Waals surface area contributed by atoms with Gasteiger partial charge in [-0.25, -0.2) is 4.79 Å². The molecule has 2 amide bonds. The van der Waals surface area contributed by atoms with Gasteiger partial charge in [-0.2, -0.15) is 0 Å². The van der Waals surface area contributed by atoms with Crippen LogP contribution in [0, 0.1) is 0 Å². The minimum Gasteiger partial charge on any atom is -0.469 e. The van der Waals surface area contributed by atoms with Crippen molar-refractivity contribution in [1.29, 1.82) is 0 Å². The number of methoxy groups -OCH3 is 1. The van der Waals surface area contributed by atoms with Crippen molar-refractivity contribution >= 4 is 12.0 Å². The molecule has 0 aliphatic rings. The molecule has 13 heavy (non-hydrogen) atoms. The first-order valence-electron chi connectivity index (χ1n) is 4.11. The predicted molar refractivity (Wildman–Crippen MR) is 48.3 cm³/mol. The molecule has 0 aromatic carbocycles. The van der Waals surface area contributed by atoms with E-state index in [0.717, 1.165) is 0 Å². The van der Waals surface area contributed by atoms with Crippen LogP contribution in [-0.2, 0) is 9.53 Å². The number of ether oxygens (including phenoxy) is 1. The van der Waals surface area contributed by atoms with Crippen LogP contribution in [0.3, 0.4) is 0 Å². The Labute approximate surface area is 78.0 Å². The number of nitrogens with one attached hydrogen (secondary N) is 1. The standard InChI is InChI=1S/C8H16N2O3/c1-9-8(12)10(2)6-4-5-7(11)13-3/h4-6H2,1-3H3,(H,9,12). The van der Waals surface area contributed by atoms with Crippen molar-refractivity contribution in [2.24, 2.45) is 0 Å². The third-order valence-electron chi connectivity index (χ3n) is 1.66. The van der Waals surface area contributed by atoms with E-state index in [9.17, 15) is 9.59 Å². The van der Waals surface area contributed by atoms with Crippen molar-refractivity contribution in [1.82, 2.24) is 10.2 Å². The van der Waals surface area contributed by atoms with E-state index in [4.69, 9.17) is 0 Å². The van der Waals surface area contributed by atoms with Crippen LogP contribution in [0.5, 0.6) is 0 Å². The van der Waals surface area contributed by atoms with Gasteiger partial charge in [0.05, 0.1) is 7.11 Å². The second kappa shape index (κ2) is 6.28. The SMILES string of the molecule is CNC(=O)N(C)CCCC(=O)OC. The lowest BCUT2D eigenvalue weighted by Crippen LogP contribution is -2.35. The molecule has 0 aliphatic heterocycles. The Morgan fingerprint density at radius 3 is 2.54 bits per heavy atom. The fraction of sp³-hybridized carbons (Fsp3) is 0.750. The molecule has 0 heterocycles. The number of rotatable bonds is 4. The molecule has 0 aromatic heterocycles. The van der Waals surface area contributed by atoms with Crippen molar-refractivity contribution in [3.63, 3.8) is 0 Å². The summed E-state index contributed by atoms with van der Waals surface area (Å²) >= 11 is 0. The van der Waals surface area contributed by atoms with Gasteiger partial charge in [0.1, 0.15) is 0 Å².